The number of rotatable bonds is 7. The van der Waals surface area contributed by atoms with Crippen LogP contribution in [-0.2, 0) is 0 Å². The van der Waals surface area contributed by atoms with Gasteiger partial charge < -0.3 is 0 Å². The van der Waals surface area contributed by atoms with Crippen LogP contribution in [0.1, 0.15) is 101 Å². The third kappa shape index (κ3) is 5.82. The Balaban J connectivity index is 2.28. The van der Waals surface area contributed by atoms with Crippen molar-refractivity contribution in [3.8, 4) is 0 Å². The summed E-state index contributed by atoms with van der Waals surface area (Å²) in [7, 11) is 3.79. The van der Waals surface area contributed by atoms with Gasteiger partial charge in [-0.2, -0.15) is 0 Å². The van der Waals surface area contributed by atoms with Gasteiger partial charge in [-0.05, 0) is 70.2 Å². The Hall–Kier alpha value is -0.860. The lowest BCUT2D eigenvalue weighted by molar-refractivity contribution is 0.826. The molecule has 2 aromatic carbocycles. The van der Waals surface area contributed by atoms with Gasteiger partial charge in [-0.1, -0.05) is 89.1 Å². The highest BCUT2D eigenvalue weighted by molar-refractivity contribution is 8.76. The van der Waals surface area contributed by atoms with E-state index in [0.29, 0.717) is 23.7 Å². The Morgan fingerprint density at radius 3 is 0.846 bits per heavy atom. The highest BCUT2D eigenvalue weighted by Crippen LogP contribution is 2.41. The Labute approximate surface area is 169 Å². The molecule has 2 aromatic rings. The first-order chi connectivity index (χ1) is 12.2. The molecular formula is C24H34S2. The standard InChI is InChI=1S/C24H34S2/c1-15(2)19-9-20(16(3)4)12-23(11-19)25-26-24-13-21(17(5)6)10-22(14-24)18(7)8/h9-18H,1-8H3. The molecule has 0 aromatic heterocycles. The summed E-state index contributed by atoms with van der Waals surface area (Å²) in [5.74, 6) is 2.26. The summed E-state index contributed by atoms with van der Waals surface area (Å²) in [5.41, 5.74) is 5.77. The second kappa shape index (κ2) is 9.37. The fourth-order valence-corrected chi connectivity index (χ4v) is 4.90. The van der Waals surface area contributed by atoms with E-state index in [1.54, 1.807) is 0 Å². The van der Waals surface area contributed by atoms with Gasteiger partial charge in [0.2, 0.25) is 0 Å². The number of hydrogen-bond donors (Lipinski definition) is 0. The van der Waals surface area contributed by atoms with E-state index < -0.39 is 0 Å². The summed E-state index contributed by atoms with van der Waals surface area (Å²) in [5, 5.41) is 0. The van der Waals surface area contributed by atoms with Crippen LogP contribution in [0.4, 0.5) is 0 Å². The van der Waals surface area contributed by atoms with Crippen molar-refractivity contribution in [1.29, 1.82) is 0 Å². The summed E-state index contributed by atoms with van der Waals surface area (Å²) < 4.78 is 0. The molecule has 0 heterocycles. The fourth-order valence-electron chi connectivity index (χ4n) is 2.82. The molecule has 0 nitrogen and oxygen atoms in total. The van der Waals surface area contributed by atoms with E-state index in [4.69, 9.17) is 0 Å². The first-order valence-electron chi connectivity index (χ1n) is 9.81. The Kier molecular flexibility index (Phi) is 7.73. The average Bonchev–Trinajstić information content (AvgIpc) is 2.59. The van der Waals surface area contributed by atoms with Gasteiger partial charge in [0.15, 0.2) is 0 Å². The number of hydrogen-bond acceptors (Lipinski definition) is 2. The largest absolute Gasteiger partial charge is 0.0587 e. The molecular weight excluding hydrogens is 352 g/mol. The maximum Gasteiger partial charge on any atom is 0.0191 e. The lowest BCUT2D eigenvalue weighted by atomic mass is 9.96. The molecule has 0 unspecified atom stereocenters. The van der Waals surface area contributed by atoms with E-state index >= 15 is 0 Å². The lowest BCUT2D eigenvalue weighted by Gasteiger charge is -2.15. The van der Waals surface area contributed by atoms with Crippen molar-refractivity contribution in [3.05, 3.63) is 58.7 Å². The van der Waals surface area contributed by atoms with Crippen molar-refractivity contribution in [2.45, 2.75) is 88.9 Å². The van der Waals surface area contributed by atoms with E-state index in [1.807, 2.05) is 21.6 Å². The molecule has 0 spiro atoms. The molecule has 0 aliphatic carbocycles. The van der Waals surface area contributed by atoms with E-state index in [-0.39, 0.29) is 0 Å². The van der Waals surface area contributed by atoms with E-state index in [2.05, 4.69) is 91.8 Å². The van der Waals surface area contributed by atoms with Crippen LogP contribution in [-0.4, -0.2) is 0 Å². The van der Waals surface area contributed by atoms with Crippen molar-refractivity contribution in [1.82, 2.24) is 0 Å². The second-order valence-electron chi connectivity index (χ2n) is 8.46. The maximum absolute atomic E-state index is 2.38. The van der Waals surface area contributed by atoms with E-state index in [9.17, 15) is 0 Å². The van der Waals surface area contributed by atoms with Crippen LogP contribution in [0.3, 0.4) is 0 Å². The molecule has 0 radical (unpaired) electrons. The minimum absolute atomic E-state index is 0.565. The predicted molar refractivity (Wildman–Crippen MR) is 121 cm³/mol. The zero-order valence-electron chi connectivity index (χ0n) is 17.6. The molecule has 0 aliphatic rings. The van der Waals surface area contributed by atoms with Crippen LogP contribution in [0.5, 0.6) is 0 Å². The quantitative estimate of drug-likeness (QED) is 0.435. The summed E-state index contributed by atoms with van der Waals surface area (Å²) >= 11 is 0. The van der Waals surface area contributed by atoms with Crippen molar-refractivity contribution >= 4 is 21.6 Å². The molecule has 0 amide bonds. The SMILES string of the molecule is CC(C)c1cc(SSc2cc(C(C)C)cc(C(C)C)c2)cc(C(C)C)c1. The predicted octanol–water partition coefficient (Wildman–Crippen LogP) is 8.98. The third-order valence-corrected chi connectivity index (χ3v) is 7.15. The molecule has 2 rings (SSSR count). The monoisotopic (exact) mass is 386 g/mol. The minimum atomic E-state index is 0.565. The Morgan fingerprint density at radius 1 is 0.423 bits per heavy atom. The van der Waals surface area contributed by atoms with E-state index in [0.717, 1.165) is 0 Å². The van der Waals surface area contributed by atoms with E-state index in [1.165, 1.54) is 32.0 Å². The smallest absolute Gasteiger partial charge is 0.0191 e. The summed E-state index contributed by atoms with van der Waals surface area (Å²) in [6.45, 7) is 18.2. The van der Waals surface area contributed by atoms with Crippen molar-refractivity contribution in [3.63, 3.8) is 0 Å². The Bertz CT molecular complexity index is 611. The molecule has 0 N–H and O–H groups in total. The van der Waals surface area contributed by atoms with Gasteiger partial charge in [0, 0.05) is 9.79 Å². The Morgan fingerprint density at radius 2 is 0.654 bits per heavy atom. The molecule has 142 valence electrons. The molecule has 0 aliphatic heterocycles. The zero-order chi connectivity index (χ0) is 19.4. The van der Waals surface area contributed by atoms with Crippen LogP contribution >= 0.6 is 21.6 Å². The van der Waals surface area contributed by atoms with Gasteiger partial charge in [0.05, 0.1) is 0 Å². The van der Waals surface area contributed by atoms with Crippen molar-refractivity contribution in [2.75, 3.05) is 0 Å². The summed E-state index contributed by atoms with van der Waals surface area (Å²) in [4.78, 5) is 2.73. The van der Waals surface area contributed by atoms with Gasteiger partial charge in [-0.3, -0.25) is 0 Å². The van der Waals surface area contributed by atoms with Crippen molar-refractivity contribution in [2.24, 2.45) is 0 Å². The minimum Gasteiger partial charge on any atom is -0.0587 e. The van der Waals surface area contributed by atoms with Gasteiger partial charge >= 0.3 is 0 Å². The van der Waals surface area contributed by atoms with Crippen LogP contribution in [0.15, 0.2) is 46.2 Å². The van der Waals surface area contributed by atoms with Gasteiger partial charge in [0.25, 0.3) is 0 Å². The first kappa shape index (κ1) is 21.4. The zero-order valence-corrected chi connectivity index (χ0v) is 19.2. The summed E-state index contributed by atoms with van der Waals surface area (Å²) in [6.07, 6.45) is 0. The highest BCUT2D eigenvalue weighted by atomic mass is 33.1. The van der Waals surface area contributed by atoms with Gasteiger partial charge in [-0.15, -0.1) is 0 Å². The summed E-state index contributed by atoms with van der Waals surface area (Å²) in [6, 6.07) is 14.2. The first-order valence-corrected chi connectivity index (χ1v) is 12.0. The normalized spacial score (nSPS) is 12.0. The maximum atomic E-state index is 2.38. The molecule has 0 atom stereocenters. The highest BCUT2D eigenvalue weighted by Gasteiger charge is 2.11. The number of benzene rings is 2. The lowest BCUT2D eigenvalue weighted by Crippen LogP contribution is -1.94. The van der Waals surface area contributed by atoms with Gasteiger partial charge in [-0.25, -0.2) is 0 Å². The molecule has 0 saturated carbocycles. The average molecular weight is 387 g/mol. The molecule has 26 heavy (non-hydrogen) atoms. The van der Waals surface area contributed by atoms with Crippen molar-refractivity contribution < 1.29 is 0 Å². The molecule has 0 fully saturated rings. The second-order valence-corrected chi connectivity index (χ2v) is 10.7. The third-order valence-electron chi connectivity index (χ3n) is 4.80. The molecule has 2 heteroatoms. The molecule has 0 saturated heterocycles. The topological polar surface area (TPSA) is 0 Å². The fraction of sp³-hybridized carbons (Fsp3) is 0.500. The van der Waals surface area contributed by atoms with Crippen LogP contribution < -0.4 is 0 Å². The van der Waals surface area contributed by atoms with Crippen LogP contribution in [0.25, 0.3) is 0 Å². The van der Waals surface area contributed by atoms with Crippen LogP contribution in [0.2, 0.25) is 0 Å². The van der Waals surface area contributed by atoms with Gasteiger partial charge in [0.1, 0.15) is 0 Å². The molecule has 0 bridgehead atoms. The van der Waals surface area contributed by atoms with Crippen LogP contribution in [0, 0.1) is 0 Å².